The number of fused-ring (bicyclic) bond motifs is 1. The van der Waals surface area contributed by atoms with Crippen LogP contribution in [0.2, 0.25) is 0 Å². The van der Waals surface area contributed by atoms with Gasteiger partial charge in [0.1, 0.15) is 11.9 Å². The zero-order valence-electron chi connectivity index (χ0n) is 15.2. The SMILES string of the molecule is C[C@@H]1Cc2cc(-c3cc(CC(=O)NCCCn4ccnc4)no3)ccc2O1. The number of carbonyl (C=O) groups excluding carboxylic acids is 1. The third kappa shape index (κ3) is 4.19. The highest BCUT2D eigenvalue weighted by atomic mass is 16.5. The largest absolute Gasteiger partial charge is 0.490 e. The number of imidazole rings is 1. The molecule has 3 heterocycles. The molecule has 1 amide bonds. The van der Waals surface area contributed by atoms with E-state index in [9.17, 15) is 4.79 Å². The monoisotopic (exact) mass is 366 g/mol. The van der Waals surface area contributed by atoms with Crippen LogP contribution in [0, 0.1) is 0 Å². The summed E-state index contributed by atoms with van der Waals surface area (Å²) < 4.78 is 13.1. The van der Waals surface area contributed by atoms with E-state index in [1.165, 1.54) is 5.56 Å². The first-order chi connectivity index (χ1) is 13.2. The summed E-state index contributed by atoms with van der Waals surface area (Å²) in [6, 6.07) is 7.81. The minimum atomic E-state index is -0.0586. The normalized spacial score (nSPS) is 15.4. The van der Waals surface area contributed by atoms with Gasteiger partial charge in [-0.25, -0.2) is 4.98 Å². The van der Waals surface area contributed by atoms with E-state index < -0.39 is 0 Å². The summed E-state index contributed by atoms with van der Waals surface area (Å²) in [5, 5.41) is 6.94. The van der Waals surface area contributed by atoms with E-state index in [4.69, 9.17) is 9.26 Å². The van der Waals surface area contributed by atoms with Crippen LogP contribution in [0.25, 0.3) is 11.3 Å². The first kappa shape index (κ1) is 17.3. The molecule has 140 valence electrons. The highest BCUT2D eigenvalue weighted by Gasteiger charge is 2.20. The van der Waals surface area contributed by atoms with Gasteiger partial charge >= 0.3 is 0 Å². The van der Waals surface area contributed by atoms with E-state index in [1.807, 2.05) is 29.0 Å². The second-order valence-electron chi connectivity index (χ2n) is 6.82. The fraction of sp³-hybridized carbons (Fsp3) is 0.350. The van der Waals surface area contributed by atoms with Crippen LogP contribution in [0.4, 0.5) is 0 Å². The number of aryl methyl sites for hydroxylation is 1. The lowest BCUT2D eigenvalue weighted by atomic mass is 10.1. The molecular weight excluding hydrogens is 344 g/mol. The fourth-order valence-corrected chi connectivity index (χ4v) is 3.24. The Morgan fingerprint density at radius 3 is 3.15 bits per heavy atom. The van der Waals surface area contributed by atoms with Crippen molar-refractivity contribution >= 4 is 5.91 Å². The molecule has 0 saturated heterocycles. The van der Waals surface area contributed by atoms with Gasteiger partial charge in [-0.15, -0.1) is 0 Å². The molecule has 0 spiro atoms. The Hall–Kier alpha value is -3.09. The third-order valence-corrected chi connectivity index (χ3v) is 4.56. The lowest BCUT2D eigenvalue weighted by Gasteiger charge is -2.04. The molecule has 0 aliphatic carbocycles. The second-order valence-corrected chi connectivity index (χ2v) is 6.82. The maximum absolute atomic E-state index is 12.1. The summed E-state index contributed by atoms with van der Waals surface area (Å²) in [5.74, 6) is 1.54. The van der Waals surface area contributed by atoms with Gasteiger partial charge in [-0.05, 0) is 37.1 Å². The van der Waals surface area contributed by atoms with Crippen molar-refractivity contribution in [1.29, 1.82) is 0 Å². The molecule has 1 aliphatic heterocycles. The molecule has 0 bridgehead atoms. The van der Waals surface area contributed by atoms with E-state index in [0.717, 1.165) is 30.7 Å². The maximum Gasteiger partial charge on any atom is 0.226 e. The van der Waals surface area contributed by atoms with Crippen molar-refractivity contribution in [3.8, 4) is 17.1 Å². The summed E-state index contributed by atoms with van der Waals surface area (Å²) in [6.07, 6.45) is 7.58. The average Bonchev–Trinajstić information content (AvgIpc) is 3.38. The number of nitrogens with zero attached hydrogens (tertiary/aromatic N) is 3. The van der Waals surface area contributed by atoms with E-state index in [1.54, 1.807) is 12.5 Å². The van der Waals surface area contributed by atoms with Gasteiger partial charge in [0.25, 0.3) is 0 Å². The standard InChI is InChI=1S/C20H22N4O3/c1-14-9-16-10-15(3-4-18(16)26-14)19-11-17(23-27-19)12-20(25)22-5-2-7-24-8-6-21-13-24/h3-4,6,8,10-11,13-14H,2,5,7,9,12H2,1H3,(H,22,25)/t14-/m1/s1. The maximum atomic E-state index is 12.1. The smallest absolute Gasteiger partial charge is 0.226 e. The van der Waals surface area contributed by atoms with Crippen LogP contribution in [0.1, 0.15) is 24.6 Å². The Labute approximate surface area is 157 Å². The van der Waals surface area contributed by atoms with Crippen LogP contribution in [-0.4, -0.2) is 33.3 Å². The van der Waals surface area contributed by atoms with E-state index in [2.05, 4.69) is 28.4 Å². The first-order valence-electron chi connectivity index (χ1n) is 9.15. The Morgan fingerprint density at radius 1 is 1.37 bits per heavy atom. The van der Waals surface area contributed by atoms with Gasteiger partial charge < -0.3 is 19.1 Å². The van der Waals surface area contributed by atoms with Gasteiger partial charge in [0.15, 0.2) is 5.76 Å². The van der Waals surface area contributed by atoms with E-state index >= 15 is 0 Å². The molecule has 1 aliphatic rings. The third-order valence-electron chi connectivity index (χ3n) is 4.56. The van der Waals surface area contributed by atoms with Gasteiger partial charge in [-0.2, -0.15) is 0 Å². The molecule has 0 radical (unpaired) electrons. The summed E-state index contributed by atoms with van der Waals surface area (Å²) in [5.41, 5.74) is 2.75. The Kier molecular flexibility index (Phi) is 4.91. The molecular formula is C20H22N4O3. The van der Waals surface area contributed by atoms with E-state index in [0.29, 0.717) is 18.0 Å². The first-order valence-corrected chi connectivity index (χ1v) is 9.15. The van der Waals surface area contributed by atoms with Crippen molar-refractivity contribution in [2.75, 3.05) is 6.54 Å². The van der Waals surface area contributed by atoms with Crippen molar-refractivity contribution in [3.63, 3.8) is 0 Å². The predicted molar refractivity (Wildman–Crippen MR) is 99.3 cm³/mol. The van der Waals surface area contributed by atoms with Crippen LogP contribution in [0.15, 0.2) is 47.5 Å². The quantitative estimate of drug-likeness (QED) is 0.650. The molecule has 0 fully saturated rings. The Morgan fingerprint density at radius 2 is 2.30 bits per heavy atom. The lowest BCUT2D eigenvalue weighted by Crippen LogP contribution is -2.26. The minimum absolute atomic E-state index is 0.0586. The van der Waals surface area contributed by atoms with Crippen molar-refractivity contribution in [2.24, 2.45) is 0 Å². The highest BCUT2D eigenvalue weighted by Crippen LogP contribution is 2.33. The van der Waals surface area contributed by atoms with Gasteiger partial charge in [-0.1, -0.05) is 5.16 Å². The molecule has 1 aromatic carbocycles. The Bertz CT molecular complexity index is 917. The van der Waals surface area contributed by atoms with Crippen molar-refractivity contribution in [3.05, 3.63) is 54.2 Å². The van der Waals surface area contributed by atoms with Crippen LogP contribution < -0.4 is 10.1 Å². The minimum Gasteiger partial charge on any atom is -0.490 e. The number of nitrogens with one attached hydrogen (secondary N) is 1. The van der Waals surface area contributed by atoms with Crippen molar-refractivity contribution in [1.82, 2.24) is 20.0 Å². The molecule has 1 N–H and O–H groups in total. The highest BCUT2D eigenvalue weighted by molar-refractivity contribution is 5.78. The molecule has 7 nitrogen and oxygen atoms in total. The van der Waals surface area contributed by atoms with Crippen LogP contribution >= 0.6 is 0 Å². The molecule has 4 rings (SSSR count). The molecule has 27 heavy (non-hydrogen) atoms. The number of hydrogen-bond acceptors (Lipinski definition) is 5. The van der Waals surface area contributed by atoms with Crippen molar-refractivity contribution in [2.45, 2.75) is 38.8 Å². The Balaban J connectivity index is 1.29. The number of aromatic nitrogens is 3. The summed E-state index contributed by atoms with van der Waals surface area (Å²) >= 11 is 0. The topological polar surface area (TPSA) is 82.2 Å². The van der Waals surface area contributed by atoms with Gasteiger partial charge in [-0.3, -0.25) is 4.79 Å². The number of benzene rings is 1. The molecule has 0 unspecified atom stereocenters. The van der Waals surface area contributed by atoms with Gasteiger partial charge in [0.2, 0.25) is 5.91 Å². The molecule has 2 aromatic heterocycles. The van der Waals surface area contributed by atoms with Crippen LogP contribution in [0.5, 0.6) is 5.75 Å². The summed E-state index contributed by atoms with van der Waals surface area (Å²) in [7, 11) is 0. The van der Waals surface area contributed by atoms with Gasteiger partial charge in [0, 0.05) is 43.5 Å². The molecule has 1 atom stereocenters. The van der Waals surface area contributed by atoms with Gasteiger partial charge in [0.05, 0.1) is 18.4 Å². The number of ether oxygens (including phenoxy) is 1. The number of carbonyl (C=O) groups is 1. The zero-order chi connectivity index (χ0) is 18.6. The molecule has 7 heteroatoms. The number of hydrogen-bond donors (Lipinski definition) is 1. The average molecular weight is 366 g/mol. The second kappa shape index (κ2) is 7.65. The summed E-state index contributed by atoms with van der Waals surface area (Å²) in [4.78, 5) is 16.1. The van der Waals surface area contributed by atoms with Crippen LogP contribution in [-0.2, 0) is 24.2 Å². The zero-order valence-corrected chi connectivity index (χ0v) is 15.2. The van der Waals surface area contributed by atoms with Crippen molar-refractivity contribution < 1.29 is 14.1 Å². The van der Waals surface area contributed by atoms with Crippen LogP contribution in [0.3, 0.4) is 0 Å². The fourth-order valence-electron chi connectivity index (χ4n) is 3.24. The van der Waals surface area contributed by atoms with E-state index in [-0.39, 0.29) is 18.4 Å². The summed E-state index contributed by atoms with van der Waals surface area (Å²) in [6.45, 7) is 3.50. The lowest BCUT2D eigenvalue weighted by molar-refractivity contribution is -0.120. The molecule has 0 saturated carbocycles. The number of rotatable bonds is 7. The predicted octanol–water partition coefficient (Wildman–Crippen LogP) is 2.61. The molecule has 3 aromatic rings. The number of amides is 1.